The summed E-state index contributed by atoms with van der Waals surface area (Å²) in [6.45, 7) is 2.32. The predicted octanol–water partition coefficient (Wildman–Crippen LogP) is 1.23. The van der Waals surface area contributed by atoms with E-state index in [0.29, 0.717) is 5.92 Å². The molecule has 1 aliphatic heterocycles. The Morgan fingerprint density at radius 2 is 2.28 bits per heavy atom. The van der Waals surface area contributed by atoms with Crippen LogP contribution < -0.4 is 4.74 Å². The molecule has 1 aliphatic rings. The lowest BCUT2D eigenvalue weighted by molar-refractivity contribution is 0.381. The maximum absolute atomic E-state index is 5.38. The molecule has 0 spiro atoms. The standard InChI is InChI=1S/C13H18N4O/c1-16-7-6-10(9-16)8-12-15-14-11-4-3-5-13(18-2)17(11)12/h3-5,10H,6-9H2,1-2H3. The normalized spacial score (nSPS) is 20.7. The second-order valence-electron chi connectivity index (χ2n) is 5.00. The summed E-state index contributed by atoms with van der Waals surface area (Å²) in [6.07, 6.45) is 2.20. The Kier molecular flexibility index (Phi) is 2.91. The van der Waals surface area contributed by atoms with E-state index in [1.165, 1.54) is 13.0 Å². The van der Waals surface area contributed by atoms with E-state index in [0.717, 1.165) is 30.3 Å². The SMILES string of the molecule is COc1cccc2nnc(CC3CCN(C)C3)n12. The van der Waals surface area contributed by atoms with Gasteiger partial charge >= 0.3 is 0 Å². The van der Waals surface area contributed by atoms with E-state index in [2.05, 4.69) is 22.1 Å². The second-order valence-corrected chi connectivity index (χ2v) is 5.00. The van der Waals surface area contributed by atoms with E-state index in [-0.39, 0.29) is 0 Å². The zero-order chi connectivity index (χ0) is 12.5. The summed E-state index contributed by atoms with van der Waals surface area (Å²) >= 11 is 0. The van der Waals surface area contributed by atoms with Gasteiger partial charge in [-0.25, -0.2) is 4.40 Å². The van der Waals surface area contributed by atoms with Crippen molar-refractivity contribution >= 4 is 5.65 Å². The summed E-state index contributed by atoms with van der Waals surface area (Å²) in [4.78, 5) is 2.37. The van der Waals surface area contributed by atoms with Crippen molar-refractivity contribution < 1.29 is 4.74 Å². The van der Waals surface area contributed by atoms with Crippen LogP contribution in [-0.2, 0) is 6.42 Å². The molecule has 96 valence electrons. The van der Waals surface area contributed by atoms with Crippen LogP contribution in [0, 0.1) is 5.92 Å². The van der Waals surface area contributed by atoms with Crippen molar-refractivity contribution in [3.63, 3.8) is 0 Å². The molecule has 5 nitrogen and oxygen atoms in total. The van der Waals surface area contributed by atoms with Crippen LogP contribution in [0.4, 0.5) is 0 Å². The highest BCUT2D eigenvalue weighted by Gasteiger charge is 2.22. The number of rotatable bonds is 3. The highest BCUT2D eigenvalue weighted by atomic mass is 16.5. The highest BCUT2D eigenvalue weighted by molar-refractivity contribution is 5.42. The number of fused-ring (bicyclic) bond motifs is 1. The third-order valence-corrected chi connectivity index (χ3v) is 3.63. The molecule has 18 heavy (non-hydrogen) atoms. The Morgan fingerprint density at radius 1 is 1.39 bits per heavy atom. The molecule has 1 unspecified atom stereocenters. The first-order valence-electron chi connectivity index (χ1n) is 6.33. The van der Waals surface area contributed by atoms with Gasteiger partial charge in [0.2, 0.25) is 5.88 Å². The lowest BCUT2D eigenvalue weighted by atomic mass is 10.0. The number of ether oxygens (including phenoxy) is 1. The number of methoxy groups -OCH3 is 1. The Labute approximate surface area is 106 Å². The molecule has 1 saturated heterocycles. The van der Waals surface area contributed by atoms with Gasteiger partial charge in [0, 0.05) is 13.0 Å². The van der Waals surface area contributed by atoms with E-state index < -0.39 is 0 Å². The summed E-state index contributed by atoms with van der Waals surface area (Å²) in [5.74, 6) is 2.48. The van der Waals surface area contributed by atoms with Crippen LogP contribution in [0.25, 0.3) is 5.65 Å². The minimum atomic E-state index is 0.673. The molecule has 0 N–H and O–H groups in total. The van der Waals surface area contributed by atoms with Crippen LogP contribution in [0.5, 0.6) is 5.88 Å². The van der Waals surface area contributed by atoms with Gasteiger partial charge in [0.25, 0.3) is 0 Å². The van der Waals surface area contributed by atoms with Gasteiger partial charge in [0.15, 0.2) is 5.65 Å². The van der Waals surface area contributed by atoms with Crippen molar-refractivity contribution in [2.75, 3.05) is 27.2 Å². The Morgan fingerprint density at radius 3 is 3.00 bits per heavy atom. The number of hydrogen-bond donors (Lipinski definition) is 0. The first kappa shape index (κ1) is 11.5. The third kappa shape index (κ3) is 1.95. The largest absolute Gasteiger partial charge is 0.482 e. The minimum Gasteiger partial charge on any atom is -0.482 e. The molecule has 5 heteroatoms. The fourth-order valence-electron chi connectivity index (χ4n) is 2.71. The van der Waals surface area contributed by atoms with E-state index in [4.69, 9.17) is 4.74 Å². The molecular formula is C13H18N4O. The zero-order valence-electron chi connectivity index (χ0n) is 10.8. The second kappa shape index (κ2) is 4.57. The van der Waals surface area contributed by atoms with Crippen LogP contribution in [0.15, 0.2) is 18.2 Å². The molecule has 0 amide bonds. The van der Waals surface area contributed by atoms with Gasteiger partial charge in [-0.2, -0.15) is 0 Å². The van der Waals surface area contributed by atoms with Crippen LogP contribution >= 0.6 is 0 Å². The van der Waals surface area contributed by atoms with E-state index in [9.17, 15) is 0 Å². The van der Waals surface area contributed by atoms with Crippen molar-refractivity contribution in [1.82, 2.24) is 19.5 Å². The van der Waals surface area contributed by atoms with Crippen LogP contribution in [-0.4, -0.2) is 46.7 Å². The molecule has 2 aromatic heterocycles. The molecule has 0 aromatic carbocycles. The van der Waals surface area contributed by atoms with E-state index in [1.807, 2.05) is 22.6 Å². The fraction of sp³-hybridized carbons (Fsp3) is 0.538. The Balaban J connectivity index is 1.92. The molecule has 1 atom stereocenters. The smallest absolute Gasteiger partial charge is 0.200 e. The maximum Gasteiger partial charge on any atom is 0.200 e. The van der Waals surface area contributed by atoms with E-state index >= 15 is 0 Å². The fourth-order valence-corrected chi connectivity index (χ4v) is 2.71. The lowest BCUT2D eigenvalue weighted by Gasteiger charge is -2.10. The van der Waals surface area contributed by atoms with Crippen molar-refractivity contribution in [3.8, 4) is 5.88 Å². The summed E-state index contributed by atoms with van der Waals surface area (Å²) in [6, 6.07) is 5.84. The number of aromatic nitrogens is 3. The summed E-state index contributed by atoms with van der Waals surface area (Å²) < 4.78 is 7.40. The zero-order valence-corrected chi connectivity index (χ0v) is 10.8. The monoisotopic (exact) mass is 246 g/mol. The molecule has 0 radical (unpaired) electrons. The third-order valence-electron chi connectivity index (χ3n) is 3.63. The van der Waals surface area contributed by atoms with Gasteiger partial charge in [-0.15, -0.1) is 10.2 Å². The number of pyridine rings is 1. The van der Waals surface area contributed by atoms with Gasteiger partial charge in [-0.05, 0) is 38.1 Å². The van der Waals surface area contributed by atoms with Gasteiger partial charge in [-0.1, -0.05) is 6.07 Å². The average Bonchev–Trinajstić information content (AvgIpc) is 2.97. The average molecular weight is 246 g/mol. The molecule has 3 heterocycles. The predicted molar refractivity (Wildman–Crippen MR) is 68.8 cm³/mol. The van der Waals surface area contributed by atoms with Crippen molar-refractivity contribution in [1.29, 1.82) is 0 Å². The molecule has 2 aromatic rings. The highest BCUT2D eigenvalue weighted by Crippen LogP contribution is 2.21. The molecule has 0 saturated carbocycles. The van der Waals surface area contributed by atoms with Gasteiger partial charge in [0.05, 0.1) is 7.11 Å². The molecule has 0 bridgehead atoms. The lowest BCUT2D eigenvalue weighted by Crippen LogP contribution is -2.15. The van der Waals surface area contributed by atoms with Crippen LogP contribution in [0.3, 0.4) is 0 Å². The van der Waals surface area contributed by atoms with Crippen molar-refractivity contribution in [2.24, 2.45) is 5.92 Å². The van der Waals surface area contributed by atoms with Gasteiger partial charge in [0.1, 0.15) is 5.82 Å². The maximum atomic E-state index is 5.38. The Hall–Kier alpha value is -1.62. The van der Waals surface area contributed by atoms with Crippen LogP contribution in [0.2, 0.25) is 0 Å². The van der Waals surface area contributed by atoms with Gasteiger partial charge < -0.3 is 9.64 Å². The molecule has 0 aliphatic carbocycles. The topological polar surface area (TPSA) is 42.7 Å². The molecular weight excluding hydrogens is 228 g/mol. The quantitative estimate of drug-likeness (QED) is 0.817. The number of likely N-dealkylation sites (tertiary alicyclic amines) is 1. The first-order valence-corrected chi connectivity index (χ1v) is 6.33. The van der Waals surface area contributed by atoms with E-state index in [1.54, 1.807) is 7.11 Å². The van der Waals surface area contributed by atoms with Crippen molar-refractivity contribution in [3.05, 3.63) is 24.0 Å². The Bertz CT molecular complexity index is 551. The van der Waals surface area contributed by atoms with Crippen LogP contribution in [0.1, 0.15) is 12.2 Å². The van der Waals surface area contributed by atoms with Crippen molar-refractivity contribution in [2.45, 2.75) is 12.8 Å². The summed E-state index contributed by atoms with van der Waals surface area (Å²) in [5, 5.41) is 8.51. The summed E-state index contributed by atoms with van der Waals surface area (Å²) in [7, 11) is 3.85. The first-order chi connectivity index (χ1) is 8.78. The van der Waals surface area contributed by atoms with Gasteiger partial charge in [-0.3, -0.25) is 0 Å². The number of nitrogens with zero attached hydrogens (tertiary/aromatic N) is 4. The molecule has 3 rings (SSSR count). The number of hydrogen-bond acceptors (Lipinski definition) is 4. The molecule has 1 fully saturated rings. The summed E-state index contributed by atoms with van der Waals surface area (Å²) in [5.41, 5.74) is 0.857. The minimum absolute atomic E-state index is 0.673.